The van der Waals surface area contributed by atoms with Gasteiger partial charge in [0, 0.05) is 11.8 Å². The van der Waals surface area contributed by atoms with Crippen molar-refractivity contribution in [2.24, 2.45) is 0 Å². The SMILES string of the molecule is Cc1cnn(-c2cc(C(=O)Nc3ccc(F)c(N)c3F)cc(C(F)(F)F)c2)c1. The lowest BCUT2D eigenvalue weighted by Gasteiger charge is -2.13. The van der Waals surface area contributed by atoms with Gasteiger partial charge in [-0.15, -0.1) is 0 Å². The number of alkyl halides is 3. The van der Waals surface area contributed by atoms with E-state index in [1.165, 1.54) is 23.1 Å². The van der Waals surface area contributed by atoms with Gasteiger partial charge in [-0.1, -0.05) is 0 Å². The Morgan fingerprint density at radius 3 is 2.50 bits per heavy atom. The number of nitrogens with zero attached hydrogens (tertiary/aromatic N) is 2. The number of hydrogen-bond donors (Lipinski definition) is 2. The molecule has 28 heavy (non-hydrogen) atoms. The maximum Gasteiger partial charge on any atom is 0.416 e. The molecule has 5 nitrogen and oxygen atoms in total. The number of aromatic nitrogens is 2. The van der Waals surface area contributed by atoms with Crippen molar-refractivity contribution < 1.29 is 26.7 Å². The summed E-state index contributed by atoms with van der Waals surface area (Å²) in [5, 5.41) is 6.03. The molecule has 3 aromatic rings. The van der Waals surface area contributed by atoms with Gasteiger partial charge in [0.1, 0.15) is 11.5 Å². The third-order valence-electron chi connectivity index (χ3n) is 3.86. The van der Waals surface area contributed by atoms with E-state index in [4.69, 9.17) is 5.73 Å². The van der Waals surface area contributed by atoms with Gasteiger partial charge in [0.25, 0.3) is 5.91 Å². The largest absolute Gasteiger partial charge is 0.416 e. The van der Waals surface area contributed by atoms with Crippen LogP contribution in [0.1, 0.15) is 21.5 Å². The van der Waals surface area contributed by atoms with E-state index in [1.54, 1.807) is 6.92 Å². The summed E-state index contributed by atoms with van der Waals surface area (Å²) in [6.45, 7) is 1.70. The minimum atomic E-state index is -4.72. The average Bonchev–Trinajstić information content (AvgIpc) is 3.07. The molecule has 3 rings (SSSR count). The van der Waals surface area contributed by atoms with Crippen molar-refractivity contribution in [3.8, 4) is 5.69 Å². The Morgan fingerprint density at radius 2 is 1.89 bits per heavy atom. The summed E-state index contributed by atoms with van der Waals surface area (Å²) in [5.74, 6) is -3.27. The second kappa shape index (κ2) is 6.95. The number of rotatable bonds is 3. The van der Waals surface area contributed by atoms with Crippen LogP contribution < -0.4 is 11.1 Å². The number of carbonyl (C=O) groups is 1. The molecule has 0 radical (unpaired) electrons. The zero-order chi connectivity index (χ0) is 20.6. The molecule has 0 saturated carbocycles. The van der Waals surface area contributed by atoms with Crippen molar-refractivity contribution in [3.05, 3.63) is 71.1 Å². The van der Waals surface area contributed by atoms with E-state index < -0.39 is 40.7 Å². The van der Waals surface area contributed by atoms with Gasteiger partial charge in [0.2, 0.25) is 0 Å². The van der Waals surface area contributed by atoms with Gasteiger partial charge < -0.3 is 11.1 Å². The molecular formula is C18H13F5N4O. The molecule has 0 spiro atoms. The summed E-state index contributed by atoms with van der Waals surface area (Å²) >= 11 is 0. The molecule has 0 aliphatic heterocycles. The molecule has 3 N–H and O–H groups in total. The Kier molecular flexibility index (Phi) is 4.80. The van der Waals surface area contributed by atoms with Crippen LogP contribution >= 0.6 is 0 Å². The third kappa shape index (κ3) is 3.80. The number of carbonyl (C=O) groups excluding carboxylic acids is 1. The van der Waals surface area contributed by atoms with E-state index >= 15 is 0 Å². The number of hydrogen-bond acceptors (Lipinski definition) is 3. The highest BCUT2D eigenvalue weighted by atomic mass is 19.4. The maximum absolute atomic E-state index is 14.0. The summed E-state index contributed by atoms with van der Waals surface area (Å²) in [5.41, 5.74) is 3.17. The van der Waals surface area contributed by atoms with Crippen LogP contribution in [-0.2, 0) is 6.18 Å². The van der Waals surface area contributed by atoms with Gasteiger partial charge in [-0.2, -0.15) is 18.3 Å². The average molecular weight is 396 g/mol. The first-order valence-corrected chi connectivity index (χ1v) is 7.85. The van der Waals surface area contributed by atoms with E-state index in [-0.39, 0.29) is 11.3 Å². The third-order valence-corrected chi connectivity index (χ3v) is 3.86. The molecule has 1 amide bonds. The van der Waals surface area contributed by atoms with Crippen LogP contribution in [-0.4, -0.2) is 15.7 Å². The number of amides is 1. The van der Waals surface area contributed by atoms with E-state index in [0.29, 0.717) is 11.6 Å². The van der Waals surface area contributed by atoms with Gasteiger partial charge in [-0.25, -0.2) is 13.5 Å². The molecule has 0 unspecified atom stereocenters. The summed E-state index contributed by atoms with van der Waals surface area (Å²) in [6.07, 6.45) is -1.80. The molecular weight excluding hydrogens is 383 g/mol. The van der Waals surface area contributed by atoms with Crippen LogP contribution in [0.2, 0.25) is 0 Å². The minimum Gasteiger partial charge on any atom is -0.394 e. The zero-order valence-corrected chi connectivity index (χ0v) is 14.3. The maximum atomic E-state index is 14.0. The number of halogens is 5. The quantitative estimate of drug-likeness (QED) is 0.512. The van der Waals surface area contributed by atoms with E-state index in [2.05, 4.69) is 10.4 Å². The highest BCUT2D eigenvalue weighted by Crippen LogP contribution is 2.32. The standard InChI is InChI=1S/C18H13F5N4O/c1-9-7-25-27(8-9)12-5-10(4-11(6-12)18(21,22)23)17(28)26-14-3-2-13(19)16(24)15(14)20/h2-8H,24H2,1H3,(H,26,28). The monoisotopic (exact) mass is 396 g/mol. The Balaban J connectivity index is 2.03. The zero-order valence-electron chi connectivity index (χ0n) is 14.3. The molecule has 0 aliphatic carbocycles. The number of nitrogen functional groups attached to an aromatic ring is 1. The number of benzene rings is 2. The highest BCUT2D eigenvalue weighted by molar-refractivity contribution is 6.05. The lowest BCUT2D eigenvalue weighted by atomic mass is 10.1. The van der Waals surface area contributed by atoms with Gasteiger partial charge in [-0.05, 0) is 42.8 Å². The summed E-state index contributed by atoms with van der Waals surface area (Å²) in [7, 11) is 0. The predicted octanol–water partition coefficient (Wildman–Crippen LogP) is 4.31. The van der Waals surface area contributed by atoms with Crippen molar-refractivity contribution in [3.63, 3.8) is 0 Å². The topological polar surface area (TPSA) is 72.9 Å². The van der Waals surface area contributed by atoms with E-state index in [0.717, 1.165) is 18.2 Å². The van der Waals surface area contributed by atoms with Crippen molar-refractivity contribution in [2.45, 2.75) is 13.1 Å². The van der Waals surface area contributed by atoms with Crippen LogP contribution in [0.5, 0.6) is 0 Å². The fourth-order valence-corrected chi connectivity index (χ4v) is 2.45. The lowest BCUT2D eigenvalue weighted by Crippen LogP contribution is -2.16. The molecule has 10 heteroatoms. The van der Waals surface area contributed by atoms with Gasteiger partial charge in [0.15, 0.2) is 5.82 Å². The van der Waals surface area contributed by atoms with Crippen molar-refractivity contribution in [1.29, 1.82) is 0 Å². The number of aryl methyl sites for hydroxylation is 1. The van der Waals surface area contributed by atoms with Gasteiger partial charge >= 0.3 is 6.18 Å². The molecule has 0 saturated heterocycles. The van der Waals surface area contributed by atoms with E-state index in [1.807, 2.05) is 0 Å². The van der Waals surface area contributed by atoms with E-state index in [9.17, 15) is 26.7 Å². The van der Waals surface area contributed by atoms with Gasteiger partial charge in [0.05, 0.1) is 23.1 Å². The predicted molar refractivity (Wildman–Crippen MR) is 92.0 cm³/mol. The number of nitrogens with two attached hydrogens (primary N) is 1. The molecule has 0 fully saturated rings. The first-order chi connectivity index (χ1) is 13.1. The van der Waals surface area contributed by atoms with Crippen molar-refractivity contribution in [1.82, 2.24) is 9.78 Å². The second-order valence-corrected chi connectivity index (χ2v) is 6.01. The molecule has 0 atom stereocenters. The number of anilines is 2. The molecule has 1 heterocycles. The Hall–Kier alpha value is -3.43. The lowest BCUT2D eigenvalue weighted by molar-refractivity contribution is -0.137. The van der Waals surface area contributed by atoms with Crippen LogP contribution in [0, 0.1) is 18.6 Å². The Labute approximate surface area is 155 Å². The fraction of sp³-hybridized carbons (Fsp3) is 0.111. The number of nitrogens with one attached hydrogen (secondary N) is 1. The summed E-state index contributed by atoms with van der Waals surface area (Å²) in [6, 6.07) is 4.38. The summed E-state index contributed by atoms with van der Waals surface area (Å²) < 4.78 is 68.1. The molecule has 0 aliphatic rings. The van der Waals surface area contributed by atoms with Crippen LogP contribution in [0.25, 0.3) is 5.69 Å². The minimum absolute atomic E-state index is 0.00725. The normalized spacial score (nSPS) is 11.5. The van der Waals surface area contributed by atoms with Crippen molar-refractivity contribution in [2.75, 3.05) is 11.1 Å². The summed E-state index contributed by atoms with van der Waals surface area (Å²) in [4.78, 5) is 12.4. The highest BCUT2D eigenvalue weighted by Gasteiger charge is 2.32. The molecule has 1 aromatic heterocycles. The Morgan fingerprint density at radius 1 is 1.18 bits per heavy atom. The molecule has 0 bridgehead atoms. The first-order valence-electron chi connectivity index (χ1n) is 7.85. The smallest absolute Gasteiger partial charge is 0.394 e. The molecule has 146 valence electrons. The molecule has 2 aromatic carbocycles. The van der Waals surface area contributed by atoms with Crippen LogP contribution in [0.4, 0.5) is 33.3 Å². The van der Waals surface area contributed by atoms with Crippen LogP contribution in [0.15, 0.2) is 42.7 Å². The Bertz CT molecular complexity index is 1060. The van der Waals surface area contributed by atoms with Crippen molar-refractivity contribution >= 4 is 17.3 Å². The second-order valence-electron chi connectivity index (χ2n) is 6.01. The first kappa shape index (κ1) is 19.3. The van der Waals surface area contributed by atoms with Crippen LogP contribution in [0.3, 0.4) is 0 Å². The fourth-order valence-electron chi connectivity index (χ4n) is 2.45. The van der Waals surface area contributed by atoms with Gasteiger partial charge in [-0.3, -0.25) is 4.79 Å².